The molecule has 126 valence electrons. The molecular formula is C18H21FN4O. The number of amides is 1. The van der Waals surface area contributed by atoms with Crippen LogP contribution in [0.1, 0.15) is 10.4 Å². The van der Waals surface area contributed by atoms with Crippen LogP contribution in [-0.4, -0.2) is 39.1 Å². The minimum atomic E-state index is -0.204. The van der Waals surface area contributed by atoms with Gasteiger partial charge in [0.2, 0.25) is 0 Å². The second-order valence-corrected chi connectivity index (χ2v) is 5.78. The van der Waals surface area contributed by atoms with Crippen molar-refractivity contribution in [1.82, 2.24) is 5.32 Å². The lowest BCUT2D eigenvalue weighted by molar-refractivity contribution is 0.0963. The summed E-state index contributed by atoms with van der Waals surface area (Å²) in [5, 5.41) is 2.65. The fourth-order valence-electron chi connectivity index (χ4n) is 3.04. The molecule has 0 aromatic heterocycles. The van der Waals surface area contributed by atoms with Gasteiger partial charge in [-0.25, -0.2) is 4.39 Å². The van der Waals surface area contributed by atoms with Crippen molar-refractivity contribution in [3.8, 4) is 0 Å². The number of nitrogen functional groups attached to an aromatic ring is 1. The zero-order valence-corrected chi connectivity index (χ0v) is 13.6. The van der Waals surface area contributed by atoms with Gasteiger partial charge < -0.3 is 20.9 Å². The Labute approximate surface area is 140 Å². The van der Waals surface area contributed by atoms with Gasteiger partial charge in [0.25, 0.3) is 5.91 Å². The van der Waals surface area contributed by atoms with Crippen LogP contribution in [0.15, 0.2) is 42.5 Å². The van der Waals surface area contributed by atoms with E-state index in [-0.39, 0.29) is 11.7 Å². The molecule has 2 aromatic rings. The molecule has 0 saturated carbocycles. The molecule has 1 aliphatic heterocycles. The number of benzene rings is 2. The van der Waals surface area contributed by atoms with Crippen molar-refractivity contribution in [3.05, 3.63) is 53.8 Å². The molecule has 5 nitrogen and oxygen atoms in total. The number of para-hydroxylation sites is 1. The molecule has 3 N–H and O–H groups in total. The van der Waals surface area contributed by atoms with Crippen molar-refractivity contribution in [3.63, 3.8) is 0 Å². The molecule has 24 heavy (non-hydrogen) atoms. The van der Waals surface area contributed by atoms with Gasteiger partial charge in [0.15, 0.2) is 0 Å². The first-order valence-corrected chi connectivity index (χ1v) is 7.96. The number of hydrogen-bond donors (Lipinski definition) is 2. The Balaban J connectivity index is 1.78. The summed E-state index contributed by atoms with van der Waals surface area (Å²) in [6.45, 7) is 2.81. The molecule has 1 amide bonds. The summed E-state index contributed by atoms with van der Waals surface area (Å²) in [7, 11) is 1.60. The molecule has 3 rings (SSSR count). The quantitative estimate of drug-likeness (QED) is 0.847. The monoisotopic (exact) mass is 328 g/mol. The molecule has 0 aliphatic carbocycles. The second-order valence-electron chi connectivity index (χ2n) is 5.78. The van der Waals surface area contributed by atoms with Gasteiger partial charge in [0, 0.05) is 44.6 Å². The van der Waals surface area contributed by atoms with E-state index in [1.54, 1.807) is 31.3 Å². The predicted molar refractivity (Wildman–Crippen MR) is 95.1 cm³/mol. The zero-order valence-electron chi connectivity index (χ0n) is 13.6. The van der Waals surface area contributed by atoms with E-state index in [4.69, 9.17) is 5.73 Å². The number of hydrogen-bond acceptors (Lipinski definition) is 4. The Hall–Kier alpha value is -2.76. The van der Waals surface area contributed by atoms with Crippen LogP contribution in [0.2, 0.25) is 0 Å². The number of nitrogens with two attached hydrogens (primary N) is 1. The molecule has 0 radical (unpaired) electrons. The number of nitrogens with zero attached hydrogens (tertiary/aromatic N) is 2. The van der Waals surface area contributed by atoms with E-state index in [1.807, 2.05) is 17.0 Å². The van der Waals surface area contributed by atoms with Gasteiger partial charge in [0.05, 0.1) is 11.3 Å². The van der Waals surface area contributed by atoms with Crippen LogP contribution in [0.3, 0.4) is 0 Å². The van der Waals surface area contributed by atoms with Gasteiger partial charge in [0.1, 0.15) is 5.82 Å². The largest absolute Gasteiger partial charge is 0.399 e. The zero-order chi connectivity index (χ0) is 17.1. The Morgan fingerprint density at radius 1 is 1.04 bits per heavy atom. The average Bonchev–Trinajstić information content (AvgIpc) is 2.61. The first-order valence-electron chi connectivity index (χ1n) is 7.96. The van der Waals surface area contributed by atoms with E-state index in [2.05, 4.69) is 10.2 Å². The molecule has 0 spiro atoms. The third-order valence-electron chi connectivity index (χ3n) is 4.31. The molecule has 0 unspecified atom stereocenters. The average molecular weight is 328 g/mol. The summed E-state index contributed by atoms with van der Waals surface area (Å²) in [4.78, 5) is 16.3. The van der Waals surface area contributed by atoms with E-state index < -0.39 is 0 Å². The maximum absolute atomic E-state index is 13.9. The molecule has 2 aromatic carbocycles. The molecule has 1 heterocycles. The number of nitrogens with one attached hydrogen (secondary N) is 1. The number of piperazine rings is 1. The SMILES string of the molecule is CNC(=O)c1cc(N)ccc1N1CCN(c2ccccc2F)CC1. The lowest BCUT2D eigenvalue weighted by Crippen LogP contribution is -2.47. The predicted octanol–water partition coefficient (Wildman–Crippen LogP) is 2.09. The van der Waals surface area contributed by atoms with Gasteiger partial charge in [-0.15, -0.1) is 0 Å². The molecule has 0 atom stereocenters. The first kappa shape index (κ1) is 16.1. The van der Waals surface area contributed by atoms with Crippen LogP contribution in [0, 0.1) is 5.82 Å². The van der Waals surface area contributed by atoms with Gasteiger partial charge >= 0.3 is 0 Å². The normalized spacial score (nSPS) is 14.6. The molecular weight excluding hydrogens is 307 g/mol. The van der Waals surface area contributed by atoms with E-state index in [1.165, 1.54) is 6.07 Å². The Kier molecular flexibility index (Phi) is 4.55. The third-order valence-corrected chi connectivity index (χ3v) is 4.31. The lowest BCUT2D eigenvalue weighted by atomic mass is 10.1. The van der Waals surface area contributed by atoms with Gasteiger partial charge in [-0.1, -0.05) is 12.1 Å². The van der Waals surface area contributed by atoms with Crippen LogP contribution < -0.4 is 20.9 Å². The number of carbonyl (C=O) groups excluding carboxylic acids is 1. The molecule has 0 bridgehead atoms. The maximum atomic E-state index is 13.9. The fourth-order valence-corrected chi connectivity index (χ4v) is 3.04. The van der Waals surface area contributed by atoms with E-state index in [0.717, 1.165) is 5.69 Å². The number of rotatable bonds is 3. The van der Waals surface area contributed by atoms with Gasteiger partial charge in [-0.05, 0) is 30.3 Å². The van der Waals surface area contributed by atoms with E-state index in [9.17, 15) is 9.18 Å². The molecule has 1 aliphatic rings. The van der Waals surface area contributed by atoms with Crippen molar-refractivity contribution >= 4 is 23.0 Å². The van der Waals surface area contributed by atoms with Crippen molar-refractivity contribution in [2.45, 2.75) is 0 Å². The van der Waals surface area contributed by atoms with Crippen molar-refractivity contribution in [2.75, 3.05) is 48.8 Å². The van der Waals surface area contributed by atoms with Crippen molar-refractivity contribution in [1.29, 1.82) is 0 Å². The number of halogens is 1. The van der Waals surface area contributed by atoms with Crippen LogP contribution in [-0.2, 0) is 0 Å². The van der Waals surface area contributed by atoms with Crippen LogP contribution in [0.25, 0.3) is 0 Å². The minimum Gasteiger partial charge on any atom is -0.399 e. The standard InChI is InChI=1S/C18H21FN4O/c1-21-18(24)14-12-13(20)6-7-16(14)22-8-10-23(11-9-22)17-5-3-2-4-15(17)19/h2-7,12H,8-11,20H2,1H3,(H,21,24). The molecule has 1 fully saturated rings. The molecule has 6 heteroatoms. The summed E-state index contributed by atoms with van der Waals surface area (Å²) in [6.07, 6.45) is 0. The Morgan fingerprint density at radius 3 is 2.29 bits per heavy atom. The summed E-state index contributed by atoms with van der Waals surface area (Å²) < 4.78 is 13.9. The number of anilines is 3. The highest BCUT2D eigenvalue weighted by atomic mass is 19.1. The minimum absolute atomic E-state index is 0.158. The van der Waals surface area contributed by atoms with Crippen molar-refractivity contribution in [2.24, 2.45) is 0 Å². The highest BCUT2D eigenvalue weighted by molar-refractivity contribution is 6.00. The summed E-state index contributed by atoms with van der Waals surface area (Å²) >= 11 is 0. The highest BCUT2D eigenvalue weighted by Crippen LogP contribution is 2.26. The smallest absolute Gasteiger partial charge is 0.253 e. The summed E-state index contributed by atoms with van der Waals surface area (Å²) in [5.41, 5.74) is 8.42. The van der Waals surface area contributed by atoms with Crippen LogP contribution >= 0.6 is 0 Å². The fraction of sp³-hybridized carbons (Fsp3) is 0.278. The topological polar surface area (TPSA) is 61.6 Å². The third kappa shape index (κ3) is 3.13. The van der Waals surface area contributed by atoms with Crippen molar-refractivity contribution < 1.29 is 9.18 Å². The maximum Gasteiger partial charge on any atom is 0.253 e. The summed E-state index contributed by atoms with van der Waals surface area (Å²) in [6, 6.07) is 12.2. The van der Waals surface area contributed by atoms with E-state index in [0.29, 0.717) is 43.1 Å². The van der Waals surface area contributed by atoms with Gasteiger partial charge in [-0.3, -0.25) is 4.79 Å². The Bertz CT molecular complexity index is 742. The lowest BCUT2D eigenvalue weighted by Gasteiger charge is -2.38. The van der Waals surface area contributed by atoms with Crippen LogP contribution in [0.4, 0.5) is 21.5 Å². The van der Waals surface area contributed by atoms with Crippen LogP contribution in [0.5, 0.6) is 0 Å². The first-order chi connectivity index (χ1) is 11.6. The second kappa shape index (κ2) is 6.78. The highest BCUT2D eigenvalue weighted by Gasteiger charge is 2.22. The molecule has 1 saturated heterocycles. The summed E-state index contributed by atoms with van der Waals surface area (Å²) in [5.74, 6) is -0.363. The van der Waals surface area contributed by atoms with E-state index >= 15 is 0 Å². The number of carbonyl (C=O) groups is 1. The Morgan fingerprint density at radius 2 is 1.67 bits per heavy atom. The van der Waals surface area contributed by atoms with Gasteiger partial charge in [-0.2, -0.15) is 0 Å².